The normalized spacial score (nSPS) is 8.64. The van der Waals surface area contributed by atoms with E-state index in [1.807, 2.05) is 0 Å². The second-order valence-corrected chi connectivity index (χ2v) is 2.39. The van der Waals surface area contributed by atoms with Gasteiger partial charge in [0.25, 0.3) is 0 Å². The Balaban J connectivity index is 0.00000169. The molecule has 0 aliphatic carbocycles. The average Bonchev–Trinajstić information content (AvgIpc) is 2.03. The van der Waals surface area contributed by atoms with E-state index in [1.165, 1.54) is 19.1 Å². The van der Waals surface area contributed by atoms with Crippen molar-refractivity contribution in [2.75, 3.05) is 0 Å². The van der Waals surface area contributed by atoms with Crippen LogP contribution in [0.2, 0.25) is 0 Å². The van der Waals surface area contributed by atoms with Crippen LogP contribution in [0, 0.1) is 39.9 Å². The summed E-state index contributed by atoms with van der Waals surface area (Å²) in [5, 5.41) is 8.69. The number of ether oxygens (including phenoxy) is 1. The second-order valence-electron chi connectivity index (χ2n) is 2.39. The Bertz CT molecular complexity index is 348. The molecular weight excluding hydrogens is 329 g/mol. The summed E-state index contributed by atoms with van der Waals surface area (Å²) in [5.74, 6) is -1.58. The van der Waals surface area contributed by atoms with Crippen molar-refractivity contribution in [3.63, 3.8) is 0 Å². The monoisotopic (exact) mass is 338 g/mol. The summed E-state index contributed by atoms with van der Waals surface area (Å²) in [6.45, 7) is 1.22. The Hall–Kier alpha value is -0.515. The fourth-order valence-electron chi connectivity index (χ4n) is 0.887. The quantitative estimate of drug-likeness (QED) is 0.653. The van der Waals surface area contributed by atoms with Gasteiger partial charge in [0.15, 0.2) is 0 Å². The number of carboxylic acids is 1. The van der Waals surface area contributed by atoms with Gasteiger partial charge in [-0.25, -0.2) is 4.79 Å². The minimum atomic E-state index is -1.11. The Morgan fingerprint density at radius 2 is 1.86 bits per heavy atom. The van der Waals surface area contributed by atoms with Crippen LogP contribution in [0.15, 0.2) is 24.3 Å². The predicted molar refractivity (Wildman–Crippen MR) is 44.7 cm³/mol. The smallest absolute Gasteiger partial charge is 0.339 e. The van der Waals surface area contributed by atoms with Crippen molar-refractivity contribution in [3.05, 3.63) is 29.8 Å². The number of rotatable bonds is 2. The van der Waals surface area contributed by atoms with Crippen molar-refractivity contribution in [2.24, 2.45) is 0 Å². The summed E-state index contributed by atoms with van der Waals surface area (Å²) >= 11 is 0. The Kier molecular flexibility index (Phi) is 5.84. The summed E-state index contributed by atoms with van der Waals surface area (Å²) in [7, 11) is 0. The van der Waals surface area contributed by atoms with Gasteiger partial charge in [0.05, 0.1) is 0 Å². The molecule has 0 heterocycles. The molecule has 0 aromatic heterocycles. The first-order valence-electron chi connectivity index (χ1n) is 3.62. The average molecular weight is 337 g/mol. The van der Waals surface area contributed by atoms with Crippen molar-refractivity contribution >= 4 is 11.9 Å². The zero-order valence-electron chi connectivity index (χ0n) is 7.33. The summed E-state index contributed by atoms with van der Waals surface area (Å²) < 4.78 is 4.69. The second kappa shape index (κ2) is 6.06. The fourth-order valence-corrected chi connectivity index (χ4v) is 0.887. The van der Waals surface area contributed by atoms with Crippen molar-refractivity contribution in [3.8, 4) is 5.75 Å². The first kappa shape index (κ1) is 13.5. The number of aromatic carboxylic acids is 1. The molecular formula is C9H8GdO4. The summed E-state index contributed by atoms with van der Waals surface area (Å²) in [6, 6.07) is 5.98. The molecule has 0 spiro atoms. The van der Waals surface area contributed by atoms with Gasteiger partial charge in [0.1, 0.15) is 11.3 Å². The molecule has 0 fully saturated rings. The molecule has 0 unspecified atom stereocenters. The first-order valence-corrected chi connectivity index (χ1v) is 3.62. The maximum atomic E-state index is 10.6. The van der Waals surface area contributed by atoms with Crippen LogP contribution < -0.4 is 4.74 Å². The maximum Gasteiger partial charge on any atom is 0.339 e. The molecule has 0 saturated heterocycles. The minimum absolute atomic E-state index is 0. The molecule has 0 aliphatic rings. The Labute approximate surface area is 113 Å². The molecule has 1 aromatic rings. The third kappa shape index (κ3) is 3.69. The molecule has 4 nitrogen and oxygen atoms in total. The number of carbonyl (C=O) groups excluding carboxylic acids is 1. The van der Waals surface area contributed by atoms with Crippen molar-refractivity contribution in [1.29, 1.82) is 0 Å². The first-order chi connectivity index (χ1) is 6.11. The molecule has 0 radical (unpaired) electrons. The van der Waals surface area contributed by atoms with E-state index in [9.17, 15) is 9.59 Å². The van der Waals surface area contributed by atoms with Gasteiger partial charge in [-0.3, -0.25) is 4.79 Å². The topological polar surface area (TPSA) is 63.6 Å². The largest absolute Gasteiger partial charge is 0.478 e. The van der Waals surface area contributed by atoms with E-state index in [0.717, 1.165) is 0 Å². The van der Waals surface area contributed by atoms with E-state index >= 15 is 0 Å². The molecule has 0 aliphatic heterocycles. The third-order valence-electron chi connectivity index (χ3n) is 1.37. The molecule has 0 saturated carbocycles. The third-order valence-corrected chi connectivity index (χ3v) is 1.37. The van der Waals surface area contributed by atoms with E-state index in [1.54, 1.807) is 12.1 Å². The van der Waals surface area contributed by atoms with Crippen molar-refractivity contribution in [2.45, 2.75) is 6.92 Å². The zero-order chi connectivity index (χ0) is 9.84. The number of carboxylic acid groups (broad SMARTS) is 1. The van der Waals surface area contributed by atoms with Gasteiger partial charge >= 0.3 is 11.9 Å². The van der Waals surface area contributed by atoms with Crippen LogP contribution in [0.3, 0.4) is 0 Å². The Morgan fingerprint density at radius 3 is 2.36 bits per heavy atom. The van der Waals surface area contributed by atoms with Gasteiger partial charge in [0, 0.05) is 46.9 Å². The molecule has 1 N–H and O–H groups in total. The van der Waals surface area contributed by atoms with Crippen LogP contribution in [-0.4, -0.2) is 17.0 Å². The van der Waals surface area contributed by atoms with Gasteiger partial charge in [-0.05, 0) is 12.1 Å². The Morgan fingerprint density at radius 1 is 1.29 bits per heavy atom. The van der Waals surface area contributed by atoms with E-state index < -0.39 is 11.9 Å². The maximum absolute atomic E-state index is 10.6. The van der Waals surface area contributed by atoms with Gasteiger partial charge in [0.2, 0.25) is 0 Å². The zero-order valence-corrected chi connectivity index (χ0v) is 9.60. The van der Waals surface area contributed by atoms with Gasteiger partial charge in [-0.1, -0.05) is 12.1 Å². The van der Waals surface area contributed by atoms with Gasteiger partial charge in [-0.15, -0.1) is 0 Å². The SMILES string of the molecule is CC(=O)Oc1ccccc1C(=O)O.[Gd]. The van der Waals surface area contributed by atoms with Crippen LogP contribution >= 0.6 is 0 Å². The van der Waals surface area contributed by atoms with E-state index in [4.69, 9.17) is 5.11 Å². The predicted octanol–water partition coefficient (Wildman–Crippen LogP) is 1.31. The fraction of sp³-hybridized carbons (Fsp3) is 0.111. The van der Waals surface area contributed by atoms with Crippen LogP contribution in [0.4, 0.5) is 0 Å². The molecule has 1 rings (SSSR count). The van der Waals surface area contributed by atoms with Gasteiger partial charge < -0.3 is 9.84 Å². The molecule has 76 valence electrons. The van der Waals surface area contributed by atoms with Gasteiger partial charge in [-0.2, -0.15) is 0 Å². The van der Waals surface area contributed by atoms with Crippen LogP contribution in [0.25, 0.3) is 0 Å². The number of esters is 1. The molecule has 0 amide bonds. The molecule has 1 aromatic carbocycles. The number of hydrogen-bond acceptors (Lipinski definition) is 3. The number of hydrogen-bond donors (Lipinski definition) is 1. The van der Waals surface area contributed by atoms with E-state index in [-0.39, 0.29) is 51.3 Å². The van der Waals surface area contributed by atoms with Crippen molar-refractivity contribution < 1.29 is 59.4 Å². The number of para-hydroxylation sites is 1. The molecule has 0 bridgehead atoms. The minimum Gasteiger partial charge on any atom is -0.478 e. The summed E-state index contributed by atoms with van der Waals surface area (Å²) in [5.41, 5.74) is -0.0160. The standard InChI is InChI=1S/C9H8O4.Gd/c1-6(10)13-8-5-3-2-4-7(8)9(11)12;/h2-5H,1H3,(H,11,12);. The molecule has 5 heteroatoms. The van der Waals surface area contributed by atoms with E-state index in [2.05, 4.69) is 4.74 Å². The van der Waals surface area contributed by atoms with Crippen molar-refractivity contribution in [1.82, 2.24) is 0 Å². The number of carbonyl (C=O) groups is 2. The van der Waals surface area contributed by atoms with Crippen LogP contribution in [0.1, 0.15) is 17.3 Å². The number of benzene rings is 1. The molecule has 0 atom stereocenters. The molecule has 14 heavy (non-hydrogen) atoms. The van der Waals surface area contributed by atoms with Crippen LogP contribution in [-0.2, 0) is 4.79 Å². The van der Waals surface area contributed by atoms with E-state index in [0.29, 0.717) is 0 Å². The summed E-state index contributed by atoms with van der Waals surface area (Å²) in [4.78, 5) is 21.2. The van der Waals surface area contributed by atoms with Crippen LogP contribution in [0.5, 0.6) is 5.75 Å². The summed E-state index contributed by atoms with van der Waals surface area (Å²) in [6.07, 6.45) is 0.